The van der Waals surface area contributed by atoms with Crippen LogP contribution in [-0.2, 0) is 4.79 Å². The highest BCUT2D eigenvalue weighted by molar-refractivity contribution is 5.77. The summed E-state index contributed by atoms with van der Waals surface area (Å²) < 4.78 is 0. The van der Waals surface area contributed by atoms with Crippen molar-refractivity contribution in [1.82, 2.24) is 10.6 Å². The van der Waals surface area contributed by atoms with Gasteiger partial charge >= 0.3 is 0 Å². The summed E-state index contributed by atoms with van der Waals surface area (Å²) in [5.74, 6) is 0.00546. The quantitative estimate of drug-likeness (QED) is 0.624. The molecule has 1 atom stereocenters. The largest absolute Gasteiger partial charge is 0.388 e. The van der Waals surface area contributed by atoms with E-state index in [1.54, 1.807) is 0 Å². The molecule has 0 spiro atoms. The summed E-state index contributed by atoms with van der Waals surface area (Å²) in [6, 6.07) is 0.373. The van der Waals surface area contributed by atoms with Crippen molar-refractivity contribution in [3.05, 3.63) is 0 Å². The highest BCUT2D eigenvalue weighted by atomic mass is 16.3. The van der Waals surface area contributed by atoms with Crippen LogP contribution in [0.15, 0.2) is 0 Å². The van der Waals surface area contributed by atoms with Crippen molar-refractivity contribution in [3.8, 4) is 0 Å². The third-order valence-electron chi connectivity index (χ3n) is 3.41. The first-order valence-corrected chi connectivity index (χ1v) is 5.90. The Hall–Kier alpha value is -0.610. The summed E-state index contributed by atoms with van der Waals surface area (Å²) in [7, 11) is 0. The second-order valence-electron chi connectivity index (χ2n) is 4.88. The molecule has 0 aromatic heterocycles. The third-order valence-corrected chi connectivity index (χ3v) is 3.41. The van der Waals surface area contributed by atoms with Crippen LogP contribution in [0.3, 0.4) is 0 Å². The minimum Gasteiger partial charge on any atom is -0.388 e. The maximum atomic E-state index is 11.6. The molecule has 3 N–H and O–H groups in total. The molecule has 0 aromatic carbocycles. The molecule has 1 saturated heterocycles. The number of aliphatic hydroxyl groups is 1. The van der Waals surface area contributed by atoms with E-state index in [1.165, 1.54) is 6.42 Å². The Balaban J connectivity index is 1.75. The monoisotopic (exact) mass is 212 g/mol. The predicted molar refractivity (Wildman–Crippen MR) is 57.5 cm³/mol. The zero-order chi connectivity index (χ0) is 10.7. The fourth-order valence-corrected chi connectivity index (χ4v) is 2.23. The summed E-state index contributed by atoms with van der Waals surface area (Å²) in [6.07, 6.45) is 5.35. The van der Waals surface area contributed by atoms with Gasteiger partial charge in [-0.1, -0.05) is 0 Å². The first kappa shape index (κ1) is 10.9. The molecule has 1 saturated carbocycles. The molecule has 4 heteroatoms. The number of hydrogen-bond donors (Lipinski definition) is 3. The first-order chi connectivity index (χ1) is 7.18. The smallest absolute Gasteiger partial charge is 0.223 e. The van der Waals surface area contributed by atoms with Gasteiger partial charge in [-0.2, -0.15) is 0 Å². The average molecular weight is 212 g/mol. The summed E-state index contributed by atoms with van der Waals surface area (Å²) in [4.78, 5) is 11.6. The second kappa shape index (κ2) is 4.49. The van der Waals surface area contributed by atoms with Crippen LogP contribution in [0.2, 0.25) is 0 Å². The molecule has 2 rings (SSSR count). The van der Waals surface area contributed by atoms with Gasteiger partial charge in [-0.3, -0.25) is 4.79 Å². The maximum absolute atomic E-state index is 11.6. The number of hydrogen-bond acceptors (Lipinski definition) is 3. The molecule has 2 fully saturated rings. The molecule has 4 nitrogen and oxygen atoms in total. The van der Waals surface area contributed by atoms with E-state index in [-0.39, 0.29) is 12.3 Å². The van der Waals surface area contributed by atoms with Gasteiger partial charge in [-0.15, -0.1) is 0 Å². The zero-order valence-electron chi connectivity index (χ0n) is 9.09. The molecule has 0 aromatic rings. The summed E-state index contributed by atoms with van der Waals surface area (Å²) in [6.45, 7) is 1.50. The van der Waals surface area contributed by atoms with Gasteiger partial charge in [-0.05, 0) is 38.6 Å². The zero-order valence-corrected chi connectivity index (χ0v) is 9.09. The van der Waals surface area contributed by atoms with Gasteiger partial charge in [0.25, 0.3) is 0 Å². The van der Waals surface area contributed by atoms with Crippen LogP contribution in [0, 0.1) is 0 Å². The fraction of sp³-hybridized carbons (Fsp3) is 0.909. The Morgan fingerprint density at radius 3 is 2.80 bits per heavy atom. The lowest BCUT2D eigenvalue weighted by atomic mass is 9.89. The van der Waals surface area contributed by atoms with Crippen LogP contribution in [0.4, 0.5) is 0 Å². The minimum absolute atomic E-state index is 0.00546. The highest BCUT2D eigenvalue weighted by Crippen LogP contribution is 2.22. The van der Waals surface area contributed by atoms with Gasteiger partial charge < -0.3 is 15.7 Å². The van der Waals surface area contributed by atoms with Crippen molar-refractivity contribution in [2.45, 2.75) is 50.2 Å². The van der Waals surface area contributed by atoms with Crippen LogP contribution in [0.5, 0.6) is 0 Å². The average Bonchev–Trinajstić information content (AvgIpc) is 2.12. The molecule has 0 bridgehead atoms. The van der Waals surface area contributed by atoms with Crippen molar-refractivity contribution in [2.75, 3.05) is 13.1 Å². The van der Waals surface area contributed by atoms with Gasteiger partial charge in [0.2, 0.25) is 5.91 Å². The topological polar surface area (TPSA) is 61.4 Å². The van der Waals surface area contributed by atoms with Crippen LogP contribution in [0.1, 0.15) is 38.5 Å². The molecular formula is C11H20N2O2. The van der Waals surface area contributed by atoms with Gasteiger partial charge in [0.15, 0.2) is 0 Å². The van der Waals surface area contributed by atoms with Gasteiger partial charge in [0, 0.05) is 12.6 Å². The third kappa shape index (κ3) is 2.92. The number of carbonyl (C=O) groups is 1. The van der Waals surface area contributed by atoms with Crippen molar-refractivity contribution < 1.29 is 9.90 Å². The lowest BCUT2D eigenvalue weighted by Crippen LogP contribution is -2.50. The Morgan fingerprint density at radius 1 is 1.47 bits per heavy atom. The fourth-order valence-electron chi connectivity index (χ4n) is 2.23. The Morgan fingerprint density at radius 2 is 2.27 bits per heavy atom. The highest BCUT2D eigenvalue weighted by Gasteiger charge is 2.32. The van der Waals surface area contributed by atoms with Gasteiger partial charge in [-0.25, -0.2) is 0 Å². The first-order valence-electron chi connectivity index (χ1n) is 5.90. The van der Waals surface area contributed by atoms with Crippen LogP contribution in [-0.4, -0.2) is 35.7 Å². The molecule has 15 heavy (non-hydrogen) atoms. The van der Waals surface area contributed by atoms with E-state index in [9.17, 15) is 9.90 Å². The molecular weight excluding hydrogens is 192 g/mol. The Kier molecular flexibility index (Phi) is 3.26. The molecule has 1 heterocycles. The molecule has 1 unspecified atom stereocenters. The van der Waals surface area contributed by atoms with Gasteiger partial charge in [0.1, 0.15) is 0 Å². The molecule has 1 amide bonds. The van der Waals surface area contributed by atoms with E-state index >= 15 is 0 Å². The molecule has 0 radical (unpaired) electrons. The minimum atomic E-state index is -0.813. The number of amides is 1. The molecule has 1 aliphatic heterocycles. The Labute approximate surface area is 90.4 Å². The SMILES string of the molecule is O=C(CC1(O)CCCNC1)NC1CCC1. The lowest BCUT2D eigenvalue weighted by molar-refractivity contribution is -0.128. The van der Waals surface area contributed by atoms with Crippen LogP contribution >= 0.6 is 0 Å². The van der Waals surface area contributed by atoms with E-state index in [2.05, 4.69) is 10.6 Å². The Bertz CT molecular complexity index is 233. The van der Waals surface area contributed by atoms with Crippen LogP contribution < -0.4 is 10.6 Å². The van der Waals surface area contributed by atoms with Crippen molar-refractivity contribution in [1.29, 1.82) is 0 Å². The van der Waals surface area contributed by atoms with Crippen molar-refractivity contribution in [2.24, 2.45) is 0 Å². The number of rotatable bonds is 3. The van der Waals surface area contributed by atoms with E-state index in [0.29, 0.717) is 12.6 Å². The molecule has 2 aliphatic rings. The number of piperidine rings is 1. The van der Waals surface area contributed by atoms with Crippen molar-refractivity contribution >= 4 is 5.91 Å². The maximum Gasteiger partial charge on any atom is 0.223 e. The standard InChI is InChI=1S/C11H20N2O2/c14-10(13-9-3-1-4-9)7-11(15)5-2-6-12-8-11/h9,12,15H,1-8H2,(H,13,14). The predicted octanol–water partition coefficient (Wildman–Crippen LogP) is 0.160. The number of carbonyl (C=O) groups excluding carboxylic acids is 1. The normalized spacial score (nSPS) is 32.1. The lowest BCUT2D eigenvalue weighted by Gasteiger charge is -2.33. The van der Waals surface area contributed by atoms with Crippen LogP contribution in [0.25, 0.3) is 0 Å². The van der Waals surface area contributed by atoms with Gasteiger partial charge in [0.05, 0.1) is 12.0 Å². The summed E-state index contributed by atoms with van der Waals surface area (Å²) in [5.41, 5.74) is -0.813. The summed E-state index contributed by atoms with van der Waals surface area (Å²) >= 11 is 0. The van der Waals surface area contributed by atoms with Crippen molar-refractivity contribution in [3.63, 3.8) is 0 Å². The number of β-amino-alcohol motifs (C(OH)–C–C–N with tert-alkyl or cyclic N) is 1. The van der Waals surface area contributed by atoms with E-state index in [0.717, 1.165) is 32.2 Å². The molecule has 86 valence electrons. The molecule has 1 aliphatic carbocycles. The summed E-state index contributed by atoms with van der Waals surface area (Å²) in [5, 5.41) is 16.2. The van der Waals surface area contributed by atoms with E-state index in [1.807, 2.05) is 0 Å². The van der Waals surface area contributed by atoms with E-state index in [4.69, 9.17) is 0 Å². The number of nitrogens with one attached hydrogen (secondary N) is 2. The second-order valence-corrected chi connectivity index (χ2v) is 4.88. The van der Waals surface area contributed by atoms with E-state index < -0.39 is 5.60 Å².